The van der Waals surface area contributed by atoms with Gasteiger partial charge in [-0.2, -0.15) is 0 Å². The van der Waals surface area contributed by atoms with E-state index in [1.54, 1.807) is 0 Å². The van der Waals surface area contributed by atoms with Crippen LogP contribution in [0.2, 0.25) is 0 Å². The summed E-state index contributed by atoms with van der Waals surface area (Å²) in [4.78, 5) is 88.6. The number of hydrogen-bond donors (Lipinski definition) is 3. The molecule has 0 saturated carbocycles. The highest BCUT2D eigenvalue weighted by molar-refractivity contribution is 6.21. The lowest BCUT2D eigenvalue weighted by Gasteiger charge is -2.50. The number of amides is 3. The second-order valence-electron chi connectivity index (χ2n) is 12.4. The van der Waals surface area contributed by atoms with Gasteiger partial charge in [0.25, 0.3) is 17.5 Å². The number of nitrogens with one attached hydrogen (secondary N) is 1. The Morgan fingerprint density at radius 3 is 1.93 bits per heavy atom. The molecule has 20 nitrogen and oxygen atoms in total. The normalized spacial score (nSPS) is 29.1. The summed E-state index contributed by atoms with van der Waals surface area (Å²) in [6.07, 6.45) is -13.3. The van der Waals surface area contributed by atoms with Gasteiger partial charge in [-0.05, 0) is 24.3 Å². The Hall–Kier alpha value is -5.54. The van der Waals surface area contributed by atoms with Gasteiger partial charge in [0, 0.05) is 39.8 Å². The van der Waals surface area contributed by atoms with Crippen molar-refractivity contribution in [2.45, 2.75) is 89.0 Å². The van der Waals surface area contributed by atoms with Crippen LogP contribution >= 0.6 is 0 Å². The maximum atomic E-state index is 13.9. The first-order valence-corrected chi connectivity index (χ1v) is 16.5. The van der Waals surface area contributed by atoms with Crippen LogP contribution in [-0.2, 0) is 47.6 Å². The molecule has 3 N–H and O–H groups in total. The van der Waals surface area contributed by atoms with E-state index in [9.17, 15) is 49.1 Å². The van der Waals surface area contributed by atoms with E-state index in [1.165, 1.54) is 36.4 Å². The number of rotatable bonds is 12. The summed E-state index contributed by atoms with van der Waals surface area (Å²) in [5.74, 6) is -5.09. The summed E-state index contributed by atoms with van der Waals surface area (Å²) < 4.78 is 40.6. The Morgan fingerprint density at radius 2 is 1.41 bits per heavy atom. The Morgan fingerprint density at radius 1 is 0.833 bits per heavy atom. The molecule has 54 heavy (non-hydrogen) atoms. The van der Waals surface area contributed by atoms with Crippen molar-refractivity contribution in [2.24, 2.45) is 0 Å². The number of carbonyl (C=O) groups excluding carboxylic acids is 6. The smallest absolute Gasteiger partial charge is 0.303 e. The average molecular weight is 760 g/mol. The van der Waals surface area contributed by atoms with Gasteiger partial charge in [0.05, 0.1) is 22.7 Å². The molecule has 2 saturated heterocycles. The minimum Gasteiger partial charge on any atom is -0.463 e. The van der Waals surface area contributed by atoms with Gasteiger partial charge in [0.15, 0.2) is 18.5 Å². The zero-order valence-corrected chi connectivity index (χ0v) is 29.2. The SMILES string of the molecule is CC(=O)N[C@H]1[C@@H](Oc2ccc([N+](=O)[O-])cc2)O[C@H](CO)[C@H](O)[C@@H]1O[C@@H]1O[C@H](COC(C)=O)[C@@H](OC(C)=O)[C@H](OC(C)=O)[C@H]1N1C(=O)c2ccccc2C1=O. The largest absolute Gasteiger partial charge is 0.463 e. The van der Waals surface area contributed by atoms with Gasteiger partial charge in [-0.25, -0.2) is 0 Å². The van der Waals surface area contributed by atoms with Crippen molar-refractivity contribution in [3.05, 3.63) is 69.8 Å². The maximum absolute atomic E-state index is 13.9. The number of imide groups is 1. The summed E-state index contributed by atoms with van der Waals surface area (Å²) in [5, 5.41) is 35.5. The molecule has 5 rings (SSSR count). The highest BCUT2D eigenvalue weighted by atomic mass is 16.7. The molecule has 3 aliphatic heterocycles. The second kappa shape index (κ2) is 16.6. The summed E-state index contributed by atoms with van der Waals surface area (Å²) >= 11 is 0. The van der Waals surface area contributed by atoms with Crippen molar-refractivity contribution >= 4 is 41.3 Å². The van der Waals surface area contributed by atoms with Crippen molar-refractivity contribution < 1.29 is 77.1 Å². The number of aliphatic hydroxyl groups excluding tert-OH is 2. The molecule has 2 fully saturated rings. The molecule has 0 aromatic heterocycles. The van der Waals surface area contributed by atoms with Crippen LogP contribution in [0.3, 0.4) is 0 Å². The number of benzene rings is 2. The fraction of sp³-hybridized carbons (Fsp3) is 0.471. The molecule has 2 aromatic carbocycles. The van der Waals surface area contributed by atoms with Gasteiger partial charge < -0.3 is 48.7 Å². The predicted molar refractivity (Wildman–Crippen MR) is 175 cm³/mol. The van der Waals surface area contributed by atoms with Crippen LogP contribution in [-0.4, -0.2) is 130 Å². The fourth-order valence-electron chi connectivity index (χ4n) is 6.40. The molecule has 0 bridgehead atoms. The summed E-state index contributed by atoms with van der Waals surface area (Å²) in [7, 11) is 0. The third-order valence-corrected chi connectivity index (χ3v) is 8.61. The second-order valence-corrected chi connectivity index (χ2v) is 12.4. The van der Waals surface area contributed by atoms with Gasteiger partial charge in [-0.15, -0.1) is 0 Å². The fourth-order valence-corrected chi connectivity index (χ4v) is 6.40. The van der Waals surface area contributed by atoms with E-state index in [4.69, 9.17) is 33.2 Å². The first kappa shape index (κ1) is 39.7. The Labute approximate surface area is 306 Å². The van der Waals surface area contributed by atoms with Gasteiger partial charge in [0.1, 0.15) is 48.9 Å². The lowest BCUT2D eigenvalue weighted by molar-refractivity contribution is -0.384. The molecule has 0 aliphatic carbocycles. The van der Waals surface area contributed by atoms with Crippen molar-refractivity contribution in [1.82, 2.24) is 10.2 Å². The lowest BCUT2D eigenvalue weighted by Crippen LogP contribution is -2.71. The van der Waals surface area contributed by atoms with E-state index in [1.807, 2.05) is 0 Å². The van der Waals surface area contributed by atoms with E-state index >= 15 is 0 Å². The van der Waals surface area contributed by atoms with Gasteiger partial charge in [-0.3, -0.25) is 43.8 Å². The third kappa shape index (κ3) is 8.47. The van der Waals surface area contributed by atoms with E-state index < -0.39 is 115 Å². The minimum atomic E-state index is -1.92. The van der Waals surface area contributed by atoms with E-state index in [2.05, 4.69) is 5.32 Å². The lowest BCUT2D eigenvalue weighted by atomic mass is 9.93. The number of nitro benzene ring substituents is 1. The summed E-state index contributed by atoms with van der Waals surface area (Å²) in [5.41, 5.74) is -0.331. The third-order valence-electron chi connectivity index (χ3n) is 8.61. The predicted octanol–water partition coefficient (Wildman–Crippen LogP) is -0.242. The molecule has 0 radical (unpaired) electrons. The molecule has 20 heteroatoms. The number of carbonyl (C=O) groups is 6. The van der Waals surface area contributed by atoms with E-state index in [0.717, 1.165) is 39.8 Å². The first-order chi connectivity index (χ1) is 25.6. The molecule has 290 valence electrons. The zero-order chi connectivity index (χ0) is 39.4. The monoisotopic (exact) mass is 759 g/mol. The van der Waals surface area contributed by atoms with Gasteiger partial charge >= 0.3 is 17.9 Å². The van der Waals surface area contributed by atoms with E-state index in [0.29, 0.717) is 4.90 Å². The quantitative estimate of drug-likeness (QED) is 0.0828. The highest BCUT2D eigenvalue weighted by Crippen LogP contribution is 2.38. The van der Waals surface area contributed by atoms with Crippen molar-refractivity contribution in [3.8, 4) is 5.75 Å². The van der Waals surface area contributed by atoms with Gasteiger partial charge in [-0.1, -0.05) is 12.1 Å². The van der Waals surface area contributed by atoms with Crippen molar-refractivity contribution in [1.29, 1.82) is 0 Å². The molecule has 3 aliphatic rings. The zero-order valence-electron chi connectivity index (χ0n) is 29.2. The number of fused-ring (bicyclic) bond motifs is 1. The van der Waals surface area contributed by atoms with E-state index in [-0.39, 0.29) is 22.6 Å². The standard InChI is InChI=1S/C34H37N3O17/c1-15(39)35-25-29(27(43)23(13-38)52-33(25)51-20-11-9-19(10-12-20)37(46)47)54-34-26(36-31(44)21-7-5-6-8-22(21)32(36)45)30(50-18(4)42)28(49-17(3)41)24(53-34)14-48-16(2)40/h5-12,23-30,33-34,38,43H,13-14H2,1-4H3,(H,35,39)/t23-,24-,25-,26-,27+,28-,29-,30-,33+,34+/m1/s1. The number of esters is 3. The molecule has 2 aromatic rings. The Kier molecular flexibility index (Phi) is 12.2. The molecule has 0 unspecified atom stereocenters. The molecule has 3 amide bonds. The first-order valence-electron chi connectivity index (χ1n) is 16.5. The number of hydrogen-bond acceptors (Lipinski definition) is 17. The topological polar surface area (TPSA) is 266 Å². The Balaban J connectivity index is 1.62. The van der Waals surface area contributed by atoms with Crippen molar-refractivity contribution in [3.63, 3.8) is 0 Å². The molecular weight excluding hydrogens is 722 g/mol. The van der Waals surface area contributed by atoms with Crippen LogP contribution in [0.25, 0.3) is 0 Å². The number of aliphatic hydroxyl groups is 2. The number of non-ortho nitro benzene ring substituents is 1. The van der Waals surface area contributed by atoms with Crippen LogP contribution in [0.1, 0.15) is 48.4 Å². The highest BCUT2D eigenvalue weighted by Gasteiger charge is 2.59. The maximum Gasteiger partial charge on any atom is 0.303 e. The molecular formula is C34H37N3O17. The molecule has 10 atom stereocenters. The average Bonchev–Trinajstić information content (AvgIpc) is 3.36. The molecule has 3 heterocycles. The minimum absolute atomic E-state index is 0.00573. The summed E-state index contributed by atoms with van der Waals surface area (Å²) in [6.45, 7) is 2.79. The number of nitrogens with zero attached hydrogens (tertiary/aromatic N) is 2. The van der Waals surface area contributed by atoms with Crippen molar-refractivity contribution in [2.75, 3.05) is 13.2 Å². The number of ether oxygens (including phenoxy) is 7. The van der Waals surface area contributed by atoms with Crippen LogP contribution in [0.15, 0.2) is 48.5 Å². The van der Waals surface area contributed by atoms with Crippen LogP contribution in [0, 0.1) is 10.1 Å². The number of nitro groups is 1. The van der Waals surface area contributed by atoms with Gasteiger partial charge in [0.2, 0.25) is 12.2 Å². The Bertz CT molecular complexity index is 1750. The van der Waals surface area contributed by atoms with Crippen LogP contribution in [0.5, 0.6) is 5.75 Å². The van der Waals surface area contributed by atoms with Crippen LogP contribution < -0.4 is 10.1 Å². The molecule has 0 spiro atoms. The summed E-state index contributed by atoms with van der Waals surface area (Å²) in [6, 6.07) is 7.27. The van der Waals surface area contributed by atoms with Crippen LogP contribution in [0.4, 0.5) is 5.69 Å².